The molecule has 0 amide bonds. The summed E-state index contributed by atoms with van der Waals surface area (Å²) in [5.74, 6) is -0.950. The van der Waals surface area contributed by atoms with E-state index in [4.69, 9.17) is 5.11 Å². The first-order chi connectivity index (χ1) is 6.79. The fourth-order valence-corrected chi connectivity index (χ4v) is 1.63. The molecule has 2 rings (SSSR count). The van der Waals surface area contributed by atoms with E-state index in [1.165, 1.54) is 11.5 Å². The molecule has 1 N–H and O–H groups in total. The first-order valence-electron chi connectivity index (χ1n) is 3.89. The number of hydrogen-bond donors (Lipinski definition) is 1. The van der Waals surface area contributed by atoms with E-state index >= 15 is 0 Å². The Bertz CT molecular complexity index is 454. The lowest BCUT2D eigenvalue weighted by atomic mass is 10.1. The van der Waals surface area contributed by atoms with E-state index in [1.807, 2.05) is 0 Å². The average Bonchev–Trinajstić information content (AvgIpc) is 2.70. The Morgan fingerprint density at radius 1 is 1.36 bits per heavy atom. The first kappa shape index (κ1) is 8.83. The van der Waals surface area contributed by atoms with E-state index in [9.17, 15) is 4.79 Å². The predicted molar refractivity (Wildman–Crippen MR) is 52.3 cm³/mol. The highest BCUT2D eigenvalue weighted by molar-refractivity contribution is 7.03. The van der Waals surface area contributed by atoms with Crippen LogP contribution in [0, 0.1) is 0 Å². The lowest BCUT2D eigenvalue weighted by molar-refractivity contribution is 0.0697. The topological polar surface area (TPSA) is 63.1 Å². The summed E-state index contributed by atoms with van der Waals surface area (Å²) in [7, 11) is 0. The van der Waals surface area contributed by atoms with Gasteiger partial charge in [-0.2, -0.15) is 0 Å². The normalized spacial score (nSPS) is 10.0. The monoisotopic (exact) mass is 206 g/mol. The molecule has 0 saturated carbocycles. The minimum atomic E-state index is -0.950. The third-order valence-corrected chi connectivity index (χ3v) is 2.30. The van der Waals surface area contributed by atoms with Crippen molar-refractivity contribution in [1.82, 2.24) is 9.59 Å². The number of hydrogen-bond acceptors (Lipinski definition) is 4. The number of carbonyl (C=O) groups is 1. The van der Waals surface area contributed by atoms with Gasteiger partial charge >= 0.3 is 5.97 Å². The van der Waals surface area contributed by atoms with Crippen molar-refractivity contribution in [1.29, 1.82) is 0 Å². The Hall–Kier alpha value is -1.75. The molecule has 0 bridgehead atoms. The molecule has 70 valence electrons. The van der Waals surface area contributed by atoms with Gasteiger partial charge in [0, 0.05) is 10.9 Å². The minimum absolute atomic E-state index is 0.250. The number of carboxylic acid groups (broad SMARTS) is 1. The molecule has 5 heteroatoms. The standard InChI is InChI=1S/C9H6N2O2S/c12-9(13)7-4-2-1-3-6(7)8-5-14-11-10-8/h1-5H,(H,12,13). The molecule has 0 fully saturated rings. The van der Waals surface area contributed by atoms with E-state index in [0.717, 1.165) is 0 Å². The van der Waals surface area contributed by atoms with Gasteiger partial charge in [0.2, 0.25) is 0 Å². The molecule has 0 saturated heterocycles. The summed E-state index contributed by atoms with van der Waals surface area (Å²) < 4.78 is 3.70. The molecule has 0 radical (unpaired) electrons. The van der Waals surface area contributed by atoms with Crippen LogP contribution in [0.15, 0.2) is 29.6 Å². The molecule has 4 nitrogen and oxygen atoms in total. The number of carboxylic acids is 1. The fraction of sp³-hybridized carbons (Fsp3) is 0. The molecule has 0 aliphatic heterocycles. The SMILES string of the molecule is O=C(O)c1ccccc1-c1csnn1. The highest BCUT2D eigenvalue weighted by atomic mass is 32.1. The number of rotatable bonds is 2. The predicted octanol–water partition coefficient (Wildman–Crippen LogP) is 1.90. The van der Waals surface area contributed by atoms with Gasteiger partial charge in [-0.05, 0) is 17.6 Å². The van der Waals surface area contributed by atoms with E-state index in [0.29, 0.717) is 11.3 Å². The van der Waals surface area contributed by atoms with Crippen LogP contribution >= 0.6 is 11.5 Å². The van der Waals surface area contributed by atoms with Crippen LogP contribution < -0.4 is 0 Å². The summed E-state index contributed by atoms with van der Waals surface area (Å²) in [6.45, 7) is 0. The van der Waals surface area contributed by atoms with Crippen molar-refractivity contribution in [2.75, 3.05) is 0 Å². The molecule has 1 aromatic heterocycles. The summed E-state index contributed by atoms with van der Waals surface area (Å²) in [6.07, 6.45) is 0. The van der Waals surface area contributed by atoms with Crippen LogP contribution in [0.2, 0.25) is 0 Å². The van der Waals surface area contributed by atoms with Gasteiger partial charge in [-0.3, -0.25) is 0 Å². The highest BCUT2D eigenvalue weighted by Crippen LogP contribution is 2.21. The first-order valence-corrected chi connectivity index (χ1v) is 4.72. The van der Waals surface area contributed by atoms with Crippen molar-refractivity contribution in [3.63, 3.8) is 0 Å². The smallest absolute Gasteiger partial charge is 0.336 e. The molecule has 0 aliphatic carbocycles. The van der Waals surface area contributed by atoms with E-state index < -0.39 is 5.97 Å². The molecule has 0 spiro atoms. The Labute approximate surface area is 84.0 Å². The van der Waals surface area contributed by atoms with Gasteiger partial charge in [-0.25, -0.2) is 4.79 Å². The van der Waals surface area contributed by atoms with Crippen LogP contribution in [0.4, 0.5) is 0 Å². The van der Waals surface area contributed by atoms with Crippen molar-refractivity contribution in [2.45, 2.75) is 0 Å². The van der Waals surface area contributed by atoms with Crippen LogP contribution in [0.5, 0.6) is 0 Å². The quantitative estimate of drug-likeness (QED) is 0.815. The summed E-state index contributed by atoms with van der Waals surface area (Å²) >= 11 is 1.20. The maximum absolute atomic E-state index is 10.9. The summed E-state index contributed by atoms with van der Waals surface area (Å²) in [6, 6.07) is 6.74. The van der Waals surface area contributed by atoms with Crippen molar-refractivity contribution in [3.8, 4) is 11.3 Å². The van der Waals surface area contributed by atoms with E-state index in [2.05, 4.69) is 9.59 Å². The van der Waals surface area contributed by atoms with Gasteiger partial charge in [-0.15, -0.1) is 5.10 Å². The summed E-state index contributed by atoms with van der Waals surface area (Å²) in [5.41, 5.74) is 1.46. The van der Waals surface area contributed by atoms with Gasteiger partial charge in [0.25, 0.3) is 0 Å². The van der Waals surface area contributed by atoms with Crippen LogP contribution in [0.3, 0.4) is 0 Å². The zero-order valence-corrected chi connectivity index (χ0v) is 7.86. The maximum atomic E-state index is 10.9. The molecule has 0 aliphatic rings. The van der Waals surface area contributed by atoms with Gasteiger partial charge in [0.15, 0.2) is 0 Å². The molecule has 14 heavy (non-hydrogen) atoms. The highest BCUT2D eigenvalue weighted by Gasteiger charge is 2.11. The largest absolute Gasteiger partial charge is 0.478 e. The zero-order chi connectivity index (χ0) is 9.97. The Balaban J connectivity index is 2.58. The van der Waals surface area contributed by atoms with E-state index in [-0.39, 0.29) is 5.56 Å². The molecular weight excluding hydrogens is 200 g/mol. The Kier molecular flexibility index (Phi) is 2.24. The Morgan fingerprint density at radius 3 is 2.79 bits per heavy atom. The van der Waals surface area contributed by atoms with Crippen LogP contribution in [-0.4, -0.2) is 20.7 Å². The molecule has 1 aromatic carbocycles. The molecule has 2 aromatic rings. The third-order valence-electron chi connectivity index (χ3n) is 1.79. The summed E-state index contributed by atoms with van der Waals surface area (Å²) in [4.78, 5) is 10.9. The third kappa shape index (κ3) is 1.49. The van der Waals surface area contributed by atoms with Gasteiger partial charge < -0.3 is 5.11 Å². The minimum Gasteiger partial charge on any atom is -0.478 e. The second-order valence-electron chi connectivity index (χ2n) is 2.64. The van der Waals surface area contributed by atoms with Crippen LogP contribution in [0.1, 0.15) is 10.4 Å². The number of aromatic carboxylic acids is 1. The average molecular weight is 206 g/mol. The molecular formula is C9H6N2O2S. The number of nitrogens with zero attached hydrogens (tertiary/aromatic N) is 2. The van der Waals surface area contributed by atoms with Gasteiger partial charge in [0.05, 0.1) is 5.56 Å². The number of aromatic nitrogens is 2. The van der Waals surface area contributed by atoms with Crippen molar-refractivity contribution in [3.05, 3.63) is 35.2 Å². The molecule has 1 heterocycles. The van der Waals surface area contributed by atoms with Crippen molar-refractivity contribution >= 4 is 17.5 Å². The second-order valence-corrected chi connectivity index (χ2v) is 3.25. The van der Waals surface area contributed by atoms with Crippen LogP contribution in [0.25, 0.3) is 11.3 Å². The van der Waals surface area contributed by atoms with Crippen molar-refractivity contribution in [2.24, 2.45) is 0 Å². The number of benzene rings is 1. The van der Waals surface area contributed by atoms with Gasteiger partial charge in [-0.1, -0.05) is 22.7 Å². The van der Waals surface area contributed by atoms with Crippen molar-refractivity contribution < 1.29 is 9.90 Å². The maximum Gasteiger partial charge on any atom is 0.336 e. The molecule has 0 atom stereocenters. The van der Waals surface area contributed by atoms with Crippen LogP contribution in [-0.2, 0) is 0 Å². The Morgan fingerprint density at radius 2 is 2.14 bits per heavy atom. The fourth-order valence-electron chi connectivity index (χ4n) is 1.17. The lowest BCUT2D eigenvalue weighted by Gasteiger charge is -2.00. The van der Waals surface area contributed by atoms with Gasteiger partial charge in [0.1, 0.15) is 5.69 Å². The zero-order valence-electron chi connectivity index (χ0n) is 7.04. The second kappa shape index (κ2) is 3.55. The summed E-state index contributed by atoms with van der Waals surface area (Å²) in [5, 5.41) is 14.5. The molecule has 0 unspecified atom stereocenters. The lowest BCUT2D eigenvalue weighted by Crippen LogP contribution is -1.98. The van der Waals surface area contributed by atoms with E-state index in [1.54, 1.807) is 29.6 Å².